The highest BCUT2D eigenvalue weighted by atomic mass is 16.3. The van der Waals surface area contributed by atoms with E-state index in [2.05, 4.69) is 5.32 Å². The zero-order valence-electron chi connectivity index (χ0n) is 13.9. The molecular formula is C21H21NO2. The van der Waals surface area contributed by atoms with E-state index in [1.54, 1.807) is 0 Å². The van der Waals surface area contributed by atoms with Crippen LogP contribution in [0.5, 0.6) is 0 Å². The van der Waals surface area contributed by atoms with Gasteiger partial charge in [0.1, 0.15) is 0 Å². The van der Waals surface area contributed by atoms with Gasteiger partial charge in [0, 0.05) is 12.1 Å². The van der Waals surface area contributed by atoms with Crippen LogP contribution in [0.2, 0.25) is 0 Å². The van der Waals surface area contributed by atoms with E-state index in [0.29, 0.717) is 5.56 Å². The summed E-state index contributed by atoms with van der Waals surface area (Å²) in [6, 6.07) is 19.4. The van der Waals surface area contributed by atoms with E-state index < -0.39 is 6.10 Å². The van der Waals surface area contributed by atoms with Crippen LogP contribution in [0, 0.1) is 13.8 Å². The number of carbonyl (C=O) groups excluding carboxylic acids is 1. The van der Waals surface area contributed by atoms with Gasteiger partial charge < -0.3 is 10.4 Å². The summed E-state index contributed by atoms with van der Waals surface area (Å²) in [6.07, 6.45) is -0.744. The monoisotopic (exact) mass is 319 g/mol. The standard InChI is InChI=1S/C21H21NO2/c1-14-10-11-17(12-15(14)2)21(24)22-13-20(23)19-9-5-7-16-6-3-4-8-18(16)19/h3-12,20,23H,13H2,1-2H3,(H,22,24). The number of nitrogens with one attached hydrogen (secondary N) is 1. The number of aryl methyl sites for hydroxylation is 2. The van der Waals surface area contributed by atoms with Crippen molar-refractivity contribution in [1.82, 2.24) is 5.32 Å². The summed E-state index contributed by atoms with van der Waals surface area (Å²) in [6.45, 7) is 4.18. The highest BCUT2D eigenvalue weighted by Crippen LogP contribution is 2.24. The number of fused-ring (bicyclic) bond motifs is 1. The minimum Gasteiger partial charge on any atom is -0.387 e. The Morgan fingerprint density at radius 2 is 1.75 bits per heavy atom. The number of hydrogen-bond acceptors (Lipinski definition) is 2. The first kappa shape index (κ1) is 16.2. The number of aliphatic hydroxyl groups is 1. The molecule has 0 saturated carbocycles. The number of benzene rings is 3. The Morgan fingerprint density at radius 1 is 1.00 bits per heavy atom. The molecule has 3 aromatic carbocycles. The van der Waals surface area contributed by atoms with Crippen molar-refractivity contribution >= 4 is 16.7 Å². The largest absolute Gasteiger partial charge is 0.387 e. The lowest BCUT2D eigenvalue weighted by atomic mass is 10.0. The van der Waals surface area contributed by atoms with Crippen LogP contribution in [-0.4, -0.2) is 17.6 Å². The highest BCUT2D eigenvalue weighted by molar-refractivity contribution is 5.94. The molecule has 3 nitrogen and oxygen atoms in total. The number of carbonyl (C=O) groups is 1. The van der Waals surface area contributed by atoms with Gasteiger partial charge in [-0.15, -0.1) is 0 Å². The maximum atomic E-state index is 12.3. The first-order valence-electron chi connectivity index (χ1n) is 8.07. The van der Waals surface area contributed by atoms with Gasteiger partial charge in [-0.25, -0.2) is 0 Å². The molecule has 0 aliphatic heterocycles. The van der Waals surface area contributed by atoms with Gasteiger partial charge in [-0.2, -0.15) is 0 Å². The molecule has 0 bridgehead atoms. The van der Waals surface area contributed by atoms with E-state index in [1.165, 1.54) is 0 Å². The molecule has 122 valence electrons. The Hall–Kier alpha value is -2.65. The topological polar surface area (TPSA) is 49.3 Å². The van der Waals surface area contributed by atoms with E-state index in [0.717, 1.165) is 27.5 Å². The zero-order chi connectivity index (χ0) is 17.1. The van der Waals surface area contributed by atoms with Crippen LogP contribution >= 0.6 is 0 Å². The van der Waals surface area contributed by atoms with E-state index in [1.807, 2.05) is 74.5 Å². The Balaban J connectivity index is 1.73. The van der Waals surface area contributed by atoms with E-state index in [9.17, 15) is 9.90 Å². The molecule has 2 N–H and O–H groups in total. The Kier molecular flexibility index (Phi) is 4.63. The summed E-state index contributed by atoms with van der Waals surface area (Å²) < 4.78 is 0. The molecule has 1 atom stereocenters. The summed E-state index contributed by atoms with van der Waals surface area (Å²) in [5.74, 6) is -0.169. The van der Waals surface area contributed by atoms with Crippen LogP contribution in [0.3, 0.4) is 0 Å². The van der Waals surface area contributed by atoms with Crippen molar-refractivity contribution in [2.24, 2.45) is 0 Å². The molecule has 24 heavy (non-hydrogen) atoms. The molecule has 0 heterocycles. The number of hydrogen-bond donors (Lipinski definition) is 2. The van der Waals surface area contributed by atoms with Gasteiger partial charge in [-0.1, -0.05) is 48.5 Å². The Labute approximate surface area is 142 Å². The molecule has 0 radical (unpaired) electrons. The fourth-order valence-corrected chi connectivity index (χ4v) is 2.83. The summed E-state index contributed by atoms with van der Waals surface area (Å²) >= 11 is 0. The van der Waals surface area contributed by atoms with E-state index in [-0.39, 0.29) is 12.5 Å². The molecule has 1 amide bonds. The summed E-state index contributed by atoms with van der Waals surface area (Å²) in [4.78, 5) is 12.3. The summed E-state index contributed by atoms with van der Waals surface area (Å²) in [7, 11) is 0. The van der Waals surface area contributed by atoms with E-state index in [4.69, 9.17) is 0 Å². The second kappa shape index (κ2) is 6.85. The lowest BCUT2D eigenvalue weighted by Gasteiger charge is -2.15. The molecule has 3 heteroatoms. The molecule has 0 fully saturated rings. The van der Waals surface area contributed by atoms with Crippen LogP contribution < -0.4 is 5.32 Å². The smallest absolute Gasteiger partial charge is 0.251 e. The molecular weight excluding hydrogens is 298 g/mol. The van der Waals surface area contributed by atoms with Gasteiger partial charge in [0.05, 0.1) is 6.10 Å². The number of rotatable bonds is 4. The van der Waals surface area contributed by atoms with Crippen molar-refractivity contribution in [3.63, 3.8) is 0 Å². The fourth-order valence-electron chi connectivity index (χ4n) is 2.83. The van der Waals surface area contributed by atoms with Gasteiger partial charge in [-0.3, -0.25) is 4.79 Å². The minimum absolute atomic E-state index is 0.169. The molecule has 3 rings (SSSR count). The summed E-state index contributed by atoms with van der Waals surface area (Å²) in [5, 5.41) is 15.4. The maximum absolute atomic E-state index is 12.3. The second-order valence-corrected chi connectivity index (χ2v) is 6.09. The Morgan fingerprint density at radius 3 is 2.54 bits per heavy atom. The lowest BCUT2D eigenvalue weighted by molar-refractivity contribution is 0.0917. The van der Waals surface area contributed by atoms with Crippen LogP contribution in [0.25, 0.3) is 10.8 Å². The third-order valence-electron chi connectivity index (χ3n) is 4.41. The molecule has 1 unspecified atom stereocenters. The molecule has 0 saturated heterocycles. The first-order chi connectivity index (χ1) is 11.6. The predicted octanol–water partition coefficient (Wildman–Crippen LogP) is 3.92. The van der Waals surface area contributed by atoms with Crippen molar-refractivity contribution in [2.75, 3.05) is 6.54 Å². The second-order valence-electron chi connectivity index (χ2n) is 6.09. The zero-order valence-corrected chi connectivity index (χ0v) is 13.9. The molecule has 0 spiro atoms. The van der Waals surface area contributed by atoms with Gasteiger partial charge in [0.25, 0.3) is 5.91 Å². The van der Waals surface area contributed by atoms with Crippen molar-refractivity contribution in [2.45, 2.75) is 20.0 Å². The minimum atomic E-state index is -0.744. The van der Waals surface area contributed by atoms with Gasteiger partial charge in [0.15, 0.2) is 0 Å². The maximum Gasteiger partial charge on any atom is 0.251 e. The molecule has 0 aliphatic rings. The van der Waals surface area contributed by atoms with Gasteiger partial charge in [-0.05, 0) is 53.4 Å². The molecule has 3 aromatic rings. The van der Waals surface area contributed by atoms with Gasteiger partial charge >= 0.3 is 0 Å². The normalized spacial score (nSPS) is 12.1. The van der Waals surface area contributed by atoms with Crippen LogP contribution in [0.15, 0.2) is 60.7 Å². The number of aliphatic hydroxyl groups excluding tert-OH is 1. The van der Waals surface area contributed by atoms with Crippen LogP contribution in [-0.2, 0) is 0 Å². The quantitative estimate of drug-likeness (QED) is 0.766. The highest BCUT2D eigenvalue weighted by Gasteiger charge is 2.13. The predicted molar refractivity (Wildman–Crippen MR) is 97.2 cm³/mol. The molecule has 0 aromatic heterocycles. The lowest BCUT2D eigenvalue weighted by Crippen LogP contribution is -2.28. The van der Waals surface area contributed by atoms with Crippen molar-refractivity contribution < 1.29 is 9.90 Å². The van der Waals surface area contributed by atoms with Crippen LogP contribution in [0.1, 0.15) is 33.2 Å². The Bertz CT molecular complexity index is 881. The van der Waals surface area contributed by atoms with Crippen molar-refractivity contribution in [1.29, 1.82) is 0 Å². The molecule has 0 aliphatic carbocycles. The third kappa shape index (κ3) is 3.31. The average Bonchev–Trinajstić information content (AvgIpc) is 2.61. The van der Waals surface area contributed by atoms with Crippen molar-refractivity contribution in [3.05, 3.63) is 82.9 Å². The fraction of sp³-hybridized carbons (Fsp3) is 0.190. The van der Waals surface area contributed by atoms with Gasteiger partial charge in [0.2, 0.25) is 0 Å². The number of amides is 1. The van der Waals surface area contributed by atoms with Crippen LogP contribution in [0.4, 0.5) is 0 Å². The average molecular weight is 319 g/mol. The van der Waals surface area contributed by atoms with E-state index >= 15 is 0 Å². The SMILES string of the molecule is Cc1ccc(C(=O)NCC(O)c2cccc3ccccc23)cc1C. The third-order valence-corrected chi connectivity index (χ3v) is 4.41. The summed E-state index contributed by atoms with van der Waals surface area (Å²) in [5.41, 5.74) is 3.68. The van der Waals surface area contributed by atoms with Crippen molar-refractivity contribution in [3.8, 4) is 0 Å². The first-order valence-corrected chi connectivity index (χ1v) is 8.07.